The molecule has 0 amide bonds. The molecule has 0 radical (unpaired) electrons. The van der Waals surface area contributed by atoms with Crippen molar-refractivity contribution in [2.45, 2.75) is 45.8 Å². The largest absolute Gasteiger partial charge is 0.508 e. The van der Waals surface area contributed by atoms with E-state index >= 15 is 0 Å². The lowest BCUT2D eigenvalue weighted by molar-refractivity contribution is 0.0183. The van der Waals surface area contributed by atoms with Crippen LogP contribution in [0.15, 0.2) is 133 Å². The van der Waals surface area contributed by atoms with E-state index < -0.39 is 0 Å². The zero-order valence-corrected chi connectivity index (χ0v) is 40.9. The molecular weight excluding hydrogens is 927 g/mol. The Morgan fingerprint density at radius 2 is 0.971 bits per heavy atom. The molecule has 1 N–H and O–H groups in total. The molecule has 0 bridgehead atoms. The van der Waals surface area contributed by atoms with Gasteiger partial charge in [0.2, 0.25) is 11.6 Å². The zero-order chi connectivity index (χ0) is 48.7. The number of ether oxygens (including phenoxy) is 4. The molecule has 9 nitrogen and oxygen atoms in total. The van der Waals surface area contributed by atoms with Crippen LogP contribution in [0.4, 0.5) is 8.78 Å². The summed E-state index contributed by atoms with van der Waals surface area (Å²) in [5.41, 5.74) is 4.28. The van der Waals surface area contributed by atoms with E-state index in [1.807, 2.05) is 130 Å². The van der Waals surface area contributed by atoms with Crippen molar-refractivity contribution < 1.29 is 42.4 Å². The first-order chi connectivity index (χ1) is 34.0. The van der Waals surface area contributed by atoms with Crippen molar-refractivity contribution in [3.05, 3.63) is 171 Å². The van der Waals surface area contributed by atoms with Crippen LogP contribution in [0, 0.1) is 20.8 Å². The Bertz CT molecular complexity index is 2900. The average Bonchev–Trinajstić information content (AvgIpc) is 3.88. The van der Waals surface area contributed by atoms with Gasteiger partial charge in [0.15, 0.2) is 11.5 Å². The number of thiophene rings is 2. The standard InChI is InChI=1S/C29H28FNO3S.C28H26FNO4S/c1-19-8-13-25-26(16-19)35-29(27(32)24-7-4-3-6-20(24)2)28(25)34-22-11-9-21(10-12-22)33-23-17-31(18-23)15-5-14-30;1-18-5-2-3-6-23(18)26(32)28-27(24-12-7-19(31)15-25(24)35-28)34-21-10-8-20(9-11-21)33-22-16-30(17-22)14-4-13-29/h3-4,6-13,16,23H,5,14-15,17-18H2,1-2H3;2-3,5-12,15,22,31H,4,13-14,16-17H2,1H3. The monoisotopic (exact) mass is 980 g/mol. The van der Waals surface area contributed by atoms with E-state index in [-0.39, 0.29) is 42.9 Å². The maximum absolute atomic E-state index is 13.5. The molecule has 2 fully saturated rings. The first-order valence-corrected chi connectivity index (χ1v) is 25.1. The summed E-state index contributed by atoms with van der Waals surface area (Å²) >= 11 is 2.78. The normalized spacial score (nSPS) is 14.1. The molecule has 6 aromatic carbocycles. The fourth-order valence-corrected chi connectivity index (χ4v) is 10.9. The van der Waals surface area contributed by atoms with Crippen molar-refractivity contribution in [2.24, 2.45) is 0 Å². The van der Waals surface area contributed by atoms with Gasteiger partial charge in [-0.2, -0.15) is 0 Å². The Labute approximate surface area is 414 Å². The van der Waals surface area contributed by atoms with Gasteiger partial charge in [-0.3, -0.25) is 28.2 Å². The fourth-order valence-electron chi connectivity index (χ4n) is 8.56. The summed E-state index contributed by atoms with van der Waals surface area (Å²) in [6.45, 7) is 10.1. The highest BCUT2D eigenvalue weighted by Crippen LogP contribution is 2.44. The lowest BCUT2D eigenvalue weighted by Crippen LogP contribution is -2.53. The molecule has 2 aliphatic heterocycles. The van der Waals surface area contributed by atoms with Gasteiger partial charge >= 0.3 is 0 Å². The van der Waals surface area contributed by atoms with Gasteiger partial charge in [-0.25, -0.2) is 0 Å². The van der Waals surface area contributed by atoms with E-state index in [1.165, 1.54) is 22.7 Å². The SMILES string of the molecule is Cc1ccc2c(Oc3ccc(OC4CN(CCCF)C4)cc3)c(C(=O)c3ccccc3C)sc2c1.Cc1ccccc1C(=O)c1sc2cc(O)ccc2c1Oc1ccc(OC2CN(CCCF)C2)cc1. The Balaban J connectivity index is 0.000000174. The zero-order valence-electron chi connectivity index (χ0n) is 39.3. The number of phenols is 1. The van der Waals surface area contributed by atoms with Crippen LogP contribution in [0.3, 0.4) is 0 Å². The highest BCUT2D eigenvalue weighted by molar-refractivity contribution is 7.22. The van der Waals surface area contributed by atoms with Crippen molar-refractivity contribution >= 4 is 54.4 Å². The van der Waals surface area contributed by atoms with Crippen LogP contribution in [0.1, 0.15) is 60.0 Å². The summed E-state index contributed by atoms with van der Waals surface area (Å²) in [6.07, 6.45) is 1.37. The molecular formula is C57H54F2N2O7S2. The van der Waals surface area contributed by atoms with Crippen LogP contribution in [-0.4, -0.2) is 91.3 Å². The number of benzene rings is 6. The molecule has 4 heterocycles. The van der Waals surface area contributed by atoms with Gasteiger partial charge < -0.3 is 24.1 Å². The van der Waals surface area contributed by atoms with Gasteiger partial charge in [-0.05, 0) is 129 Å². The third-order valence-electron chi connectivity index (χ3n) is 12.4. The van der Waals surface area contributed by atoms with Crippen molar-refractivity contribution in [1.29, 1.82) is 0 Å². The van der Waals surface area contributed by atoms with Crippen molar-refractivity contribution in [1.82, 2.24) is 9.80 Å². The van der Waals surface area contributed by atoms with Gasteiger partial charge in [0.05, 0.1) is 13.3 Å². The first-order valence-electron chi connectivity index (χ1n) is 23.5. The van der Waals surface area contributed by atoms with Crippen LogP contribution in [0.25, 0.3) is 20.2 Å². The smallest absolute Gasteiger partial charge is 0.207 e. The molecule has 13 heteroatoms. The van der Waals surface area contributed by atoms with Gasteiger partial charge in [0, 0.05) is 70.6 Å². The molecule has 10 rings (SSSR count). The van der Waals surface area contributed by atoms with Crippen molar-refractivity contribution in [3.8, 4) is 40.2 Å². The van der Waals surface area contributed by atoms with Crippen molar-refractivity contribution in [2.75, 3.05) is 52.6 Å². The summed E-state index contributed by atoms with van der Waals surface area (Å²) in [6, 6.07) is 41.1. The lowest BCUT2D eigenvalue weighted by Gasteiger charge is -2.38. The topological polar surface area (TPSA) is 97.8 Å². The predicted octanol–water partition coefficient (Wildman–Crippen LogP) is 13.3. The number of phenolic OH excluding ortho intramolecular Hbond substituents is 1. The van der Waals surface area contributed by atoms with Crippen LogP contribution in [0.5, 0.6) is 40.2 Å². The maximum Gasteiger partial charge on any atom is 0.207 e. The number of likely N-dealkylation sites (tertiary alicyclic amines) is 2. The number of aryl methyl sites for hydroxylation is 3. The highest BCUT2D eigenvalue weighted by Gasteiger charge is 2.30. The minimum Gasteiger partial charge on any atom is -0.508 e. The fraction of sp³-hybridized carbons (Fsp3) is 0.263. The number of fused-ring (bicyclic) bond motifs is 2. The molecule has 8 aromatic rings. The van der Waals surface area contributed by atoms with Crippen LogP contribution in [-0.2, 0) is 0 Å². The molecule has 0 aliphatic carbocycles. The Morgan fingerprint density at radius 3 is 1.41 bits per heavy atom. The number of alkyl halides is 2. The molecule has 2 saturated heterocycles. The van der Waals surface area contributed by atoms with E-state index in [1.54, 1.807) is 18.2 Å². The number of rotatable bonds is 18. The molecule has 2 aromatic heterocycles. The minimum atomic E-state index is -0.289. The van der Waals surface area contributed by atoms with Crippen molar-refractivity contribution in [3.63, 3.8) is 0 Å². The summed E-state index contributed by atoms with van der Waals surface area (Å²) in [5, 5.41) is 11.7. The molecule has 2 aliphatic rings. The van der Waals surface area contributed by atoms with E-state index in [4.69, 9.17) is 18.9 Å². The number of carbonyl (C=O) groups excluding carboxylic acids is 2. The number of aromatic hydroxyl groups is 1. The Kier molecular flexibility index (Phi) is 15.2. The number of carbonyl (C=O) groups is 2. The quantitative estimate of drug-likeness (QED) is 0.0843. The second-order valence-electron chi connectivity index (χ2n) is 17.7. The molecule has 360 valence electrons. The summed E-state index contributed by atoms with van der Waals surface area (Å²) in [4.78, 5) is 32.4. The third-order valence-corrected chi connectivity index (χ3v) is 14.6. The van der Waals surface area contributed by atoms with Gasteiger partial charge in [0.1, 0.15) is 50.7 Å². The maximum atomic E-state index is 13.5. The second kappa shape index (κ2) is 22.0. The molecule has 0 unspecified atom stereocenters. The molecule has 70 heavy (non-hydrogen) atoms. The summed E-state index contributed by atoms with van der Waals surface area (Å²) in [7, 11) is 0. The number of halogens is 2. The highest BCUT2D eigenvalue weighted by atomic mass is 32.1. The number of hydrogen-bond acceptors (Lipinski definition) is 11. The van der Waals surface area contributed by atoms with Gasteiger partial charge in [-0.1, -0.05) is 54.6 Å². The third kappa shape index (κ3) is 11.2. The molecule has 0 saturated carbocycles. The van der Waals surface area contributed by atoms with E-state index in [9.17, 15) is 23.5 Å². The summed E-state index contributed by atoms with van der Waals surface area (Å²) in [5.74, 6) is 3.82. The number of ketones is 2. The van der Waals surface area contributed by atoms with Gasteiger partial charge in [-0.15, -0.1) is 22.7 Å². The number of hydrogen-bond donors (Lipinski definition) is 1. The molecule has 0 atom stereocenters. The van der Waals surface area contributed by atoms with Gasteiger partial charge in [0.25, 0.3) is 0 Å². The first kappa shape index (κ1) is 48.4. The lowest BCUT2D eigenvalue weighted by atomic mass is 10.0. The van der Waals surface area contributed by atoms with E-state index in [2.05, 4.69) is 15.9 Å². The van der Waals surface area contributed by atoms with Crippen LogP contribution >= 0.6 is 22.7 Å². The van der Waals surface area contributed by atoms with Crippen LogP contribution in [0.2, 0.25) is 0 Å². The predicted molar refractivity (Wildman–Crippen MR) is 275 cm³/mol. The van der Waals surface area contributed by atoms with Crippen LogP contribution < -0.4 is 18.9 Å². The Morgan fingerprint density at radius 1 is 0.557 bits per heavy atom. The molecule has 0 spiro atoms. The van der Waals surface area contributed by atoms with E-state index in [0.29, 0.717) is 56.7 Å². The van der Waals surface area contributed by atoms with E-state index in [0.717, 1.165) is 87.6 Å². The second-order valence-corrected chi connectivity index (χ2v) is 19.8. The number of nitrogens with zero attached hydrogens (tertiary/aromatic N) is 2. The Hall–Kier alpha value is -6.64. The summed E-state index contributed by atoms with van der Waals surface area (Å²) < 4.78 is 51.0. The minimum absolute atomic E-state index is 0.0285. The average molecular weight is 981 g/mol.